The Morgan fingerprint density at radius 1 is 1.33 bits per heavy atom. The molecule has 0 bridgehead atoms. The fraction of sp³-hybridized carbons (Fsp3) is 0.429. The van der Waals surface area contributed by atoms with Gasteiger partial charge in [-0.2, -0.15) is 10.5 Å². The summed E-state index contributed by atoms with van der Waals surface area (Å²) in [6.07, 6.45) is 1.55. The van der Waals surface area contributed by atoms with Gasteiger partial charge < -0.3 is 5.32 Å². The number of nitrogens with zero attached hydrogens (tertiary/aromatic N) is 2. The minimum atomic E-state index is -0.514. The molecule has 0 amide bonds. The highest BCUT2D eigenvalue weighted by Gasteiger charge is 2.15. The van der Waals surface area contributed by atoms with Gasteiger partial charge in [0.25, 0.3) is 0 Å². The number of hydrogen-bond donors (Lipinski definition) is 1. The average Bonchev–Trinajstić information content (AvgIpc) is 2.35. The van der Waals surface area contributed by atoms with E-state index in [9.17, 15) is 4.39 Å². The van der Waals surface area contributed by atoms with Crippen molar-refractivity contribution in [1.29, 1.82) is 10.5 Å². The first-order valence-electron chi connectivity index (χ1n) is 5.84. The lowest BCUT2D eigenvalue weighted by molar-refractivity contribution is 0.441. The second kappa shape index (κ2) is 6.02. The quantitative estimate of drug-likeness (QED) is 0.808. The third-order valence-electron chi connectivity index (χ3n) is 2.72. The Morgan fingerprint density at radius 3 is 2.67 bits per heavy atom. The van der Waals surface area contributed by atoms with Gasteiger partial charge in [0.2, 0.25) is 0 Å². The van der Waals surface area contributed by atoms with Crippen molar-refractivity contribution in [3.63, 3.8) is 0 Å². The zero-order chi connectivity index (χ0) is 13.6. The molecular formula is C14H16FN3. The van der Waals surface area contributed by atoms with Gasteiger partial charge in [-0.1, -0.05) is 6.07 Å². The first-order chi connectivity index (χ1) is 8.50. The van der Waals surface area contributed by atoms with Crippen LogP contribution in [0.25, 0.3) is 0 Å². The van der Waals surface area contributed by atoms with Crippen LogP contribution in [0.2, 0.25) is 0 Å². The Bertz CT molecular complexity index is 495. The van der Waals surface area contributed by atoms with Crippen molar-refractivity contribution in [2.75, 3.05) is 11.9 Å². The molecule has 4 heteroatoms. The summed E-state index contributed by atoms with van der Waals surface area (Å²) < 4.78 is 13.3. The second-order valence-electron chi connectivity index (χ2n) is 4.80. The molecule has 3 nitrogen and oxygen atoms in total. The maximum atomic E-state index is 13.3. The minimum absolute atomic E-state index is 0.0389. The number of halogens is 1. The van der Waals surface area contributed by atoms with E-state index in [1.165, 1.54) is 6.07 Å². The van der Waals surface area contributed by atoms with E-state index in [2.05, 4.69) is 11.4 Å². The molecule has 0 saturated heterocycles. The normalized spacial score (nSPS) is 10.5. The van der Waals surface area contributed by atoms with Crippen molar-refractivity contribution in [3.8, 4) is 12.1 Å². The van der Waals surface area contributed by atoms with E-state index in [-0.39, 0.29) is 11.0 Å². The molecule has 0 atom stereocenters. The highest BCUT2D eigenvalue weighted by Crippen LogP contribution is 2.21. The molecule has 18 heavy (non-hydrogen) atoms. The number of nitriles is 2. The maximum Gasteiger partial charge on any atom is 0.143 e. The van der Waals surface area contributed by atoms with Crippen LogP contribution in [0.3, 0.4) is 0 Å². The van der Waals surface area contributed by atoms with Gasteiger partial charge in [-0.15, -0.1) is 0 Å². The molecule has 0 aliphatic carbocycles. The van der Waals surface area contributed by atoms with Crippen LogP contribution >= 0.6 is 0 Å². The highest BCUT2D eigenvalue weighted by atomic mass is 19.1. The summed E-state index contributed by atoms with van der Waals surface area (Å²) in [6, 6.07) is 8.59. The van der Waals surface area contributed by atoms with Crippen LogP contribution in [-0.4, -0.2) is 6.54 Å². The van der Waals surface area contributed by atoms with Crippen LogP contribution in [0.1, 0.15) is 32.3 Å². The zero-order valence-corrected chi connectivity index (χ0v) is 10.6. The monoisotopic (exact) mass is 245 g/mol. The van der Waals surface area contributed by atoms with Crippen molar-refractivity contribution in [2.45, 2.75) is 26.7 Å². The lowest BCUT2D eigenvalue weighted by Gasteiger charge is -2.15. The lowest BCUT2D eigenvalue weighted by atomic mass is 9.90. The molecule has 0 radical (unpaired) electrons. The molecule has 1 N–H and O–H groups in total. The average molecular weight is 245 g/mol. The van der Waals surface area contributed by atoms with Crippen molar-refractivity contribution < 1.29 is 4.39 Å². The molecule has 0 heterocycles. The summed E-state index contributed by atoms with van der Waals surface area (Å²) in [5.41, 5.74) is 0.200. The van der Waals surface area contributed by atoms with Gasteiger partial charge in [0.05, 0.1) is 17.2 Å². The molecule has 1 rings (SSSR count). The van der Waals surface area contributed by atoms with E-state index in [1.807, 2.05) is 19.9 Å². The van der Waals surface area contributed by atoms with Gasteiger partial charge in [0.1, 0.15) is 17.4 Å². The van der Waals surface area contributed by atoms with E-state index in [1.54, 1.807) is 12.1 Å². The smallest absolute Gasteiger partial charge is 0.143 e. The van der Waals surface area contributed by atoms with Crippen LogP contribution < -0.4 is 5.32 Å². The third-order valence-corrected chi connectivity index (χ3v) is 2.72. The van der Waals surface area contributed by atoms with Gasteiger partial charge >= 0.3 is 0 Å². The molecule has 0 aromatic heterocycles. The minimum Gasteiger partial charge on any atom is -0.384 e. The fourth-order valence-electron chi connectivity index (χ4n) is 1.59. The standard InChI is InChI=1S/C14H16FN3/c1-14(2,10-17)7-4-8-18-13-6-3-5-12(15)11(13)9-16/h3,5-6,18H,4,7-8H2,1-2H3. The van der Waals surface area contributed by atoms with Gasteiger partial charge in [-0.25, -0.2) is 4.39 Å². The predicted octanol–water partition coefficient (Wildman–Crippen LogP) is 3.44. The van der Waals surface area contributed by atoms with E-state index in [0.717, 1.165) is 12.8 Å². The Balaban J connectivity index is 2.54. The van der Waals surface area contributed by atoms with Crippen molar-refractivity contribution in [3.05, 3.63) is 29.6 Å². The summed E-state index contributed by atoms with van der Waals surface area (Å²) in [5, 5.41) is 20.7. The van der Waals surface area contributed by atoms with Crippen LogP contribution in [0, 0.1) is 33.9 Å². The SMILES string of the molecule is CC(C)(C#N)CCCNc1cccc(F)c1C#N. The summed E-state index contributed by atoms with van der Waals surface area (Å²) in [5.74, 6) is -0.514. The Morgan fingerprint density at radius 2 is 2.06 bits per heavy atom. The summed E-state index contributed by atoms with van der Waals surface area (Å²) in [4.78, 5) is 0. The summed E-state index contributed by atoms with van der Waals surface area (Å²) in [7, 11) is 0. The molecule has 0 unspecified atom stereocenters. The first-order valence-corrected chi connectivity index (χ1v) is 5.84. The van der Waals surface area contributed by atoms with E-state index in [0.29, 0.717) is 12.2 Å². The predicted molar refractivity (Wildman–Crippen MR) is 68.2 cm³/mol. The zero-order valence-electron chi connectivity index (χ0n) is 10.6. The number of rotatable bonds is 5. The largest absolute Gasteiger partial charge is 0.384 e. The molecular weight excluding hydrogens is 229 g/mol. The number of nitrogens with one attached hydrogen (secondary N) is 1. The number of benzene rings is 1. The van der Waals surface area contributed by atoms with Gasteiger partial charge in [0.15, 0.2) is 0 Å². The van der Waals surface area contributed by atoms with Crippen molar-refractivity contribution in [1.82, 2.24) is 0 Å². The van der Waals surface area contributed by atoms with E-state index < -0.39 is 5.82 Å². The Hall–Kier alpha value is -2.07. The molecule has 1 aromatic carbocycles. The van der Waals surface area contributed by atoms with Crippen LogP contribution in [0.4, 0.5) is 10.1 Å². The Kier molecular flexibility index (Phi) is 4.68. The van der Waals surface area contributed by atoms with Crippen LogP contribution in [0.5, 0.6) is 0 Å². The second-order valence-corrected chi connectivity index (χ2v) is 4.80. The van der Waals surface area contributed by atoms with Gasteiger partial charge in [-0.05, 0) is 38.8 Å². The molecule has 0 saturated carbocycles. The van der Waals surface area contributed by atoms with E-state index >= 15 is 0 Å². The van der Waals surface area contributed by atoms with Gasteiger partial charge in [-0.3, -0.25) is 0 Å². The summed E-state index contributed by atoms with van der Waals surface area (Å²) >= 11 is 0. The fourth-order valence-corrected chi connectivity index (χ4v) is 1.59. The first kappa shape index (κ1) is 14.0. The molecule has 0 aliphatic heterocycles. The molecule has 0 fully saturated rings. The Labute approximate surface area is 107 Å². The number of hydrogen-bond acceptors (Lipinski definition) is 3. The number of anilines is 1. The topological polar surface area (TPSA) is 59.6 Å². The molecule has 1 aromatic rings. The van der Waals surface area contributed by atoms with Crippen molar-refractivity contribution in [2.24, 2.45) is 5.41 Å². The summed E-state index contributed by atoms with van der Waals surface area (Å²) in [6.45, 7) is 4.38. The van der Waals surface area contributed by atoms with Crippen LogP contribution in [0.15, 0.2) is 18.2 Å². The van der Waals surface area contributed by atoms with Gasteiger partial charge in [0, 0.05) is 6.54 Å². The lowest BCUT2D eigenvalue weighted by Crippen LogP contribution is -2.11. The third kappa shape index (κ3) is 3.75. The molecule has 94 valence electrons. The molecule has 0 aliphatic rings. The molecule has 0 spiro atoms. The van der Waals surface area contributed by atoms with Crippen molar-refractivity contribution >= 4 is 5.69 Å². The highest BCUT2D eigenvalue weighted by molar-refractivity contribution is 5.57. The van der Waals surface area contributed by atoms with E-state index in [4.69, 9.17) is 10.5 Å². The van der Waals surface area contributed by atoms with Crippen LogP contribution in [-0.2, 0) is 0 Å². The maximum absolute atomic E-state index is 13.3.